The summed E-state index contributed by atoms with van der Waals surface area (Å²) < 4.78 is 31.1. The van der Waals surface area contributed by atoms with Gasteiger partial charge in [-0.15, -0.1) is 0 Å². The zero-order valence-electron chi connectivity index (χ0n) is 13.5. The Hall–Kier alpha value is -2.61. The van der Waals surface area contributed by atoms with Crippen LogP contribution in [-0.4, -0.2) is 28.0 Å². The van der Waals surface area contributed by atoms with Crippen LogP contribution in [0.3, 0.4) is 0 Å². The molecule has 0 bridgehead atoms. The lowest BCUT2D eigenvalue weighted by atomic mass is 10.2. The third-order valence-electron chi connectivity index (χ3n) is 3.76. The van der Waals surface area contributed by atoms with Gasteiger partial charge in [-0.25, -0.2) is 8.42 Å². The molecule has 0 fully saturated rings. The molecule has 0 saturated carbocycles. The van der Waals surface area contributed by atoms with Gasteiger partial charge in [0.15, 0.2) is 0 Å². The van der Waals surface area contributed by atoms with E-state index >= 15 is 0 Å². The summed E-state index contributed by atoms with van der Waals surface area (Å²) in [7, 11) is -3.65. The fourth-order valence-electron chi connectivity index (χ4n) is 2.48. The highest BCUT2D eigenvalue weighted by Gasteiger charge is 2.20. The van der Waals surface area contributed by atoms with Crippen molar-refractivity contribution in [1.82, 2.24) is 19.6 Å². The van der Waals surface area contributed by atoms with Gasteiger partial charge in [-0.05, 0) is 37.6 Å². The van der Waals surface area contributed by atoms with Crippen molar-refractivity contribution in [2.45, 2.75) is 31.8 Å². The summed E-state index contributed by atoms with van der Waals surface area (Å²) in [6.45, 7) is 4.94. The number of anilines is 1. The molecule has 0 aliphatic rings. The number of hydrogen-bond donors (Lipinski definition) is 1. The molecule has 1 N–H and O–H groups in total. The molecule has 1 aromatic carbocycles. The normalized spacial score (nSPS) is 11.6. The maximum Gasteiger partial charge on any atom is 0.265 e. The molecule has 0 amide bonds. The van der Waals surface area contributed by atoms with Crippen LogP contribution in [0.5, 0.6) is 0 Å². The summed E-state index contributed by atoms with van der Waals surface area (Å²) in [5.41, 5.74) is 2.18. The quantitative estimate of drug-likeness (QED) is 0.743. The molecule has 8 heteroatoms. The Kier molecular flexibility index (Phi) is 4.39. The van der Waals surface area contributed by atoms with Gasteiger partial charge in [-0.3, -0.25) is 14.1 Å². The van der Waals surface area contributed by atoms with Crippen molar-refractivity contribution >= 4 is 15.7 Å². The molecular formula is C16H19N5O2S. The Morgan fingerprint density at radius 3 is 2.50 bits per heavy atom. The van der Waals surface area contributed by atoms with Crippen LogP contribution in [-0.2, 0) is 23.1 Å². The van der Waals surface area contributed by atoms with Gasteiger partial charge in [0, 0.05) is 24.6 Å². The van der Waals surface area contributed by atoms with Crippen LogP contribution in [0.25, 0.3) is 0 Å². The highest BCUT2D eigenvalue weighted by atomic mass is 32.2. The molecule has 3 rings (SSSR count). The number of benzene rings is 1. The number of aryl methyl sites for hydroxylation is 1. The fraction of sp³-hybridized carbons (Fsp3) is 0.250. The summed E-state index contributed by atoms with van der Waals surface area (Å²) in [5, 5.41) is 8.23. The van der Waals surface area contributed by atoms with Crippen LogP contribution in [0.1, 0.15) is 18.2 Å². The zero-order valence-corrected chi connectivity index (χ0v) is 14.4. The van der Waals surface area contributed by atoms with E-state index in [1.54, 1.807) is 29.9 Å². The van der Waals surface area contributed by atoms with Crippen molar-refractivity contribution in [3.63, 3.8) is 0 Å². The third-order valence-corrected chi connectivity index (χ3v) is 5.24. The van der Waals surface area contributed by atoms with Crippen molar-refractivity contribution in [3.8, 4) is 0 Å². The van der Waals surface area contributed by atoms with E-state index in [4.69, 9.17) is 0 Å². The van der Waals surface area contributed by atoms with E-state index in [2.05, 4.69) is 14.9 Å². The maximum absolute atomic E-state index is 12.5. The molecule has 0 atom stereocenters. The summed E-state index contributed by atoms with van der Waals surface area (Å²) in [5.74, 6) is 0. The Bertz CT molecular complexity index is 912. The fourth-order valence-corrected chi connectivity index (χ4v) is 3.72. The average Bonchev–Trinajstić information content (AvgIpc) is 3.18. The van der Waals surface area contributed by atoms with E-state index in [1.807, 2.05) is 36.0 Å². The smallest absolute Gasteiger partial charge is 0.265 e. The lowest BCUT2D eigenvalue weighted by Crippen LogP contribution is -2.14. The second kappa shape index (κ2) is 6.48. The lowest BCUT2D eigenvalue weighted by molar-refractivity contribution is 0.598. The van der Waals surface area contributed by atoms with Crippen molar-refractivity contribution in [1.29, 1.82) is 0 Å². The van der Waals surface area contributed by atoms with E-state index in [-0.39, 0.29) is 4.90 Å². The van der Waals surface area contributed by atoms with Gasteiger partial charge in [0.25, 0.3) is 10.0 Å². The molecule has 7 nitrogen and oxygen atoms in total. The molecule has 0 radical (unpaired) electrons. The van der Waals surface area contributed by atoms with E-state index in [0.717, 1.165) is 5.56 Å². The Balaban J connectivity index is 1.76. The third kappa shape index (κ3) is 3.33. The molecule has 2 heterocycles. The summed E-state index contributed by atoms with van der Waals surface area (Å²) in [6, 6.07) is 9.11. The predicted octanol–water partition coefficient (Wildman–Crippen LogP) is 2.26. The average molecular weight is 345 g/mol. The van der Waals surface area contributed by atoms with Gasteiger partial charge in [0.2, 0.25) is 0 Å². The van der Waals surface area contributed by atoms with Gasteiger partial charge in [-0.2, -0.15) is 10.2 Å². The second-order valence-electron chi connectivity index (χ2n) is 5.42. The van der Waals surface area contributed by atoms with E-state index in [0.29, 0.717) is 24.5 Å². The van der Waals surface area contributed by atoms with Gasteiger partial charge in [0.1, 0.15) is 4.90 Å². The lowest BCUT2D eigenvalue weighted by Gasteiger charge is -2.09. The van der Waals surface area contributed by atoms with Crippen LogP contribution in [0.15, 0.2) is 53.8 Å². The number of sulfonamides is 1. The maximum atomic E-state index is 12.5. The van der Waals surface area contributed by atoms with Gasteiger partial charge < -0.3 is 0 Å². The van der Waals surface area contributed by atoms with E-state index in [9.17, 15) is 8.42 Å². The molecule has 0 aliphatic heterocycles. The minimum Gasteiger partial charge on any atom is -0.280 e. The van der Waals surface area contributed by atoms with Crippen LogP contribution in [0.2, 0.25) is 0 Å². The van der Waals surface area contributed by atoms with Crippen LogP contribution in [0.4, 0.5) is 5.69 Å². The Labute approximate surface area is 141 Å². The Morgan fingerprint density at radius 1 is 1.17 bits per heavy atom. The summed E-state index contributed by atoms with van der Waals surface area (Å²) in [4.78, 5) is 0.199. The first-order valence-corrected chi connectivity index (χ1v) is 9.09. The van der Waals surface area contributed by atoms with Crippen molar-refractivity contribution in [3.05, 3.63) is 60.2 Å². The topological polar surface area (TPSA) is 81.8 Å². The highest BCUT2D eigenvalue weighted by Crippen LogP contribution is 2.19. The SMILES string of the molecule is CCn1ncc(S(=O)(=O)Nc2ccc(Cn3cccn3)cc2)c1C. The zero-order chi connectivity index (χ0) is 17.2. The number of nitrogens with one attached hydrogen (secondary N) is 1. The van der Waals surface area contributed by atoms with Crippen molar-refractivity contribution < 1.29 is 8.42 Å². The predicted molar refractivity (Wildman–Crippen MR) is 91.2 cm³/mol. The molecule has 0 spiro atoms. The minimum absolute atomic E-state index is 0.199. The summed E-state index contributed by atoms with van der Waals surface area (Å²) in [6.07, 6.45) is 4.99. The Morgan fingerprint density at radius 2 is 1.92 bits per heavy atom. The number of hydrogen-bond acceptors (Lipinski definition) is 4. The molecule has 0 saturated heterocycles. The molecule has 3 aromatic rings. The van der Waals surface area contributed by atoms with E-state index in [1.165, 1.54) is 6.20 Å². The van der Waals surface area contributed by atoms with Crippen LogP contribution >= 0.6 is 0 Å². The van der Waals surface area contributed by atoms with Gasteiger partial charge >= 0.3 is 0 Å². The summed E-state index contributed by atoms with van der Waals surface area (Å²) >= 11 is 0. The van der Waals surface area contributed by atoms with Gasteiger partial charge in [-0.1, -0.05) is 12.1 Å². The first kappa shape index (κ1) is 16.3. The standard InChI is InChI=1S/C16H19N5O2S/c1-3-21-13(2)16(11-18-21)24(22,23)19-15-7-5-14(6-8-15)12-20-10-4-9-17-20/h4-11,19H,3,12H2,1-2H3. The first-order valence-electron chi connectivity index (χ1n) is 7.61. The van der Waals surface area contributed by atoms with Crippen molar-refractivity contribution in [2.24, 2.45) is 0 Å². The molecule has 24 heavy (non-hydrogen) atoms. The number of nitrogens with zero attached hydrogens (tertiary/aromatic N) is 4. The second-order valence-corrected chi connectivity index (χ2v) is 7.07. The minimum atomic E-state index is -3.65. The monoisotopic (exact) mass is 345 g/mol. The number of rotatable bonds is 6. The van der Waals surface area contributed by atoms with Gasteiger partial charge in [0.05, 0.1) is 18.4 Å². The van der Waals surface area contributed by atoms with Crippen LogP contribution in [0, 0.1) is 6.92 Å². The first-order chi connectivity index (χ1) is 11.5. The molecular weight excluding hydrogens is 326 g/mol. The van der Waals surface area contributed by atoms with E-state index < -0.39 is 10.0 Å². The van der Waals surface area contributed by atoms with Crippen LogP contribution < -0.4 is 4.72 Å². The molecule has 0 unspecified atom stereocenters. The largest absolute Gasteiger partial charge is 0.280 e. The molecule has 2 aromatic heterocycles. The molecule has 0 aliphatic carbocycles. The number of aromatic nitrogens is 4. The molecule has 126 valence electrons. The van der Waals surface area contributed by atoms with Crippen molar-refractivity contribution in [2.75, 3.05) is 4.72 Å². The highest BCUT2D eigenvalue weighted by molar-refractivity contribution is 7.92.